The number of halogens is 3. The molecule has 3 nitrogen and oxygen atoms in total. The quantitative estimate of drug-likeness (QED) is 0.840. The molecule has 0 saturated carbocycles. The van der Waals surface area contributed by atoms with E-state index in [4.69, 9.17) is 0 Å². The lowest BCUT2D eigenvalue weighted by molar-refractivity contribution is -0.137. The van der Waals surface area contributed by atoms with Gasteiger partial charge in [-0.25, -0.2) is 8.42 Å². The minimum Gasteiger partial charge on any atom is -0.206 e. The average Bonchev–Trinajstić information content (AvgIpc) is 2.85. The van der Waals surface area contributed by atoms with Crippen molar-refractivity contribution >= 4 is 21.4 Å². The van der Waals surface area contributed by atoms with Crippen LogP contribution in [0.15, 0.2) is 40.6 Å². The predicted molar refractivity (Wildman–Crippen MR) is 79.2 cm³/mol. The van der Waals surface area contributed by atoms with Crippen molar-refractivity contribution in [3.63, 3.8) is 0 Å². The summed E-state index contributed by atoms with van der Waals surface area (Å²) in [7, 11) is -2.22. The molecule has 1 heterocycles. The summed E-state index contributed by atoms with van der Waals surface area (Å²) in [4.78, 5) is 0.876. The summed E-state index contributed by atoms with van der Waals surface area (Å²) in [6.07, 6.45) is -4.40. The molecule has 0 N–H and O–H groups in total. The molecule has 1 aromatic carbocycles. The Morgan fingerprint density at radius 1 is 1.09 bits per heavy atom. The summed E-state index contributed by atoms with van der Waals surface area (Å²) in [5.41, 5.74) is -0.261. The van der Waals surface area contributed by atoms with Crippen LogP contribution in [-0.2, 0) is 22.7 Å². The topological polar surface area (TPSA) is 37.4 Å². The zero-order valence-electron chi connectivity index (χ0n) is 11.9. The van der Waals surface area contributed by atoms with Crippen LogP contribution in [0.4, 0.5) is 13.2 Å². The van der Waals surface area contributed by atoms with Crippen LogP contribution in [0.5, 0.6) is 0 Å². The van der Waals surface area contributed by atoms with Gasteiger partial charge in [0, 0.05) is 18.5 Å². The van der Waals surface area contributed by atoms with Gasteiger partial charge in [0.25, 0.3) is 10.0 Å². The van der Waals surface area contributed by atoms with Gasteiger partial charge in [0.05, 0.1) is 5.56 Å². The van der Waals surface area contributed by atoms with E-state index in [9.17, 15) is 21.6 Å². The van der Waals surface area contributed by atoms with E-state index in [0.29, 0.717) is 5.56 Å². The zero-order valence-corrected chi connectivity index (χ0v) is 13.5. The largest absolute Gasteiger partial charge is 0.416 e. The highest BCUT2D eigenvalue weighted by atomic mass is 32.2. The van der Waals surface area contributed by atoms with Crippen LogP contribution in [0.2, 0.25) is 0 Å². The van der Waals surface area contributed by atoms with Crippen molar-refractivity contribution in [1.29, 1.82) is 0 Å². The van der Waals surface area contributed by atoms with E-state index in [1.807, 2.05) is 0 Å². The molecule has 0 aliphatic heterocycles. The highest BCUT2D eigenvalue weighted by molar-refractivity contribution is 7.91. The Morgan fingerprint density at radius 3 is 2.14 bits per heavy atom. The Kier molecular flexibility index (Phi) is 4.65. The fourth-order valence-electron chi connectivity index (χ4n) is 1.85. The van der Waals surface area contributed by atoms with Crippen LogP contribution >= 0.6 is 11.3 Å². The van der Waals surface area contributed by atoms with E-state index in [1.165, 1.54) is 25.2 Å². The normalized spacial score (nSPS) is 12.8. The Hall–Kier alpha value is -1.38. The van der Waals surface area contributed by atoms with Crippen LogP contribution in [0.1, 0.15) is 16.0 Å². The number of benzene rings is 1. The number of thiophene rings is 1. The molecule has 0 aliphatic rings. The van der Waals surface area contributed by atoms with Gasteiger partial charge in [0.1, 0.15) is 4.21 Å². The van der Waals surface area contributed by atoms with Gasteiger partial charge in [0.15, 0.2) is 0 Å². The summed E-state index contributed by atoms with van der Waals surface area (Å²) in [5.74, 6) is 0. The van der Waals surface area contributed by atoms with E-state index in [2.05, 4.69) is 0 Å². The van der Waals surface area contributed by atoms with Crippen molar-refractivity contribution in [3.8, 4) is 0 Å². The minimum atomic E-state index is -4.40. The van der Waals surface area contributed by atoms with Gasteiger partial charge in [-0.3, -0.25) is 0 Å². The number of hydrogen-bond acceptors (Lipinski definition) is 3. The third-order valence-corrected chi connectivity index (χ3v) is 6.34. The maximum atomic E-state index is 12.5. The lowest BCUT2D eigenvalue weighted by Crippen LogP contribution is -2.25. The summed E-state index contributed by atoms with van der Waals surface area (Å²) in [6, 6.07) is 7.71. The molecule has 0 atom stereocenters. The third kappa shape index (κ3) is 3.68. The first-order valence-corrected chi connectivity index (χ1v) is 8.55. The molecule has 0 radical (unpaired) electrons. The first kappa shape index (κ1) is 17.0. The molecular weight excluding hydrogens is 335 g/mol. The second-order valence-electron chi connectivity index (χ2n) is 4.82. The van der Waals surface area contributed by atoms with Crippen LogP contribution in [0, 0.1) is 6.92 Å². The van der Waals surface area contributed by atoms with Crippen molar-refractivity contribution in [1.82, 2.24) is 4.31 Å². The van der Waals surface area contributed by atoms with Gasteiger partial charge in [-0.1, -0.05) is 12.1 Å². The highest BCUT2D eigenvalue weighted by Crippen LogP contribution is 2.29. The Balaban J connectivity index is 2.16. The third-order valence-electron chi connectivity index (χ3n) is 3.07. The fraction of sp³-hybridized carbons (Fsp3) is 0.286. The number of alkyl halides is 3. The van der Waals surface area contributed by atoms with Gasteiger partial charge >= 0.3 is 6.18 Å². The van der Waals surface area contributed by atoms with Crippen molar-refractivity contribution in [2.24, 2.45) is 0 Å². The van der Waals surface area contributed by atoms with Crippen molar-refractivity contribution in [2.75, 3.05) is 7.05 Å². The Bertz CT molecular complexity index is 749. The minimum absolute atomic E-state index is 0.0113. The molecule has 1 aromatic heterocycles. The lowest BCUT2D eigenvalue weighted by atomic mass is 10.1. The maximum Gasteiger partial charge on any atom is 0.416 e. The number of hydrogen-bond donors (Lipinski definition) is 0. The summed E-state index contributed by atoms with van der Waals surface area (Å²) in [6.45, 7) is 1.82. The smallest absolute Gasteiger partial charge is 0.206 e. The van der Waals surface area contributed by atoms with E-state index in [0.717, 1.165) is 32.7 Å². The van der Waals surface area contributed by atoms with Gasteiger partial charge in [0.2, 0.25) is 0 Å². The predicted octanol–water partition coefficient (Wildman–Crippen LogP) is 3.90. The number of aryl methyl sites for hydroxylation is 1. The monoisotopic (exact) mass is 349 g/mol. The molecule has 0 spiro atoms. The lowest BCUT2D eigenvalue weighted by Gasteiger charge is -2.16. The molecule has 2 rings (SSSR count). The SMILES string of the molecule is Cc1ccc(S(=O)(=O)N(C)Cc2ccc(C(F)(F)F)cc2)s1. The van der Waals surface area contributed by atoms with Crippen LogP contribution in [0.3, 0.4) is 0 Å². The van der Waals surface area contributed by atoms with Crippen LogP contribution in [-0.4, -0.2) is 19.8 Å². The molecule has 2 aromatic rings. The number of rotatable bonds is 4. The number of nitrogens with zero attached hydrogens (tertiary/aromatic N) is 1. The molecule has 0 fully saturated rings. The molecule has 8 heteroatoms. The molecule has 120 valence electrons. The zero-order chi connectivity index (χ0) is 16.5. The van der Waals surface area contributed by atoms with E-state index in [-0.39, 0.29) is 10.8 Å². The van der Waals surface area contributed by atoms with Gasteiger partial charge in [-0.2, -0.15) is 17.5 Å². The van der Waals surface area contributed by atoms with Crippen LogP contribution in [0.25, 0.3) is 0 Å². The molecule has 0 saturated heterocycles. The van der Waals surface area contributed by atoms with E-state index >= 15 is 0 Å². The van der Waals surface area contributed by atoms with Gasteiger partial charge in [-0.15, -0.1) is 11.3 Å². The first-order valence-electron chi connectivity index (χ1n) is 6.29. The molecule has 22 heavy (non-hydrogen) atoms. The van der Waals surface area contributed by atoms with Crippen molar-refractivity contribution < 1.29 is 21.6 Å². The van der Waals surface area contributed by atoms with Crippen molar-refractivity contribution in [2.45, 2.75) is 23.9 Å². The van der Waals surface area contributed by atoms with Crippen LogP contribution < -0.4 is 0 Å². The molecular formula is C14H14F3NO2S2. The van der Waals surface area contributed by atoms with Gasteiger partial charge in [-0.05, 0) is 36.8 Å². The number of sulfonamides is 1. The van der Waals surface area contributed by atoms with E-state index in [1.54, 1.807) is 13.0 Å². The average molecular weight is 349 g/mol. The molecule has 0 aliphatic carbocycles. The highest BCUT2D eigenvalue weighted by Gasteiger charge is 2.30. The second-order valence-corrected chi connectivity index (χ2v) is 8.38. The van der Waals surface area contributed by atoms with Crippen molar-refractivity contribution in [3.05, 3.63) is 52.4 Å². The fourth-order valence-corrected chi connectivity index (χ4v) is 4.50. The molecule has 0 bridgehead atoms. The molecule has 0 amide bonds. The Labute approximate surface area is 131 Å². The summed E-state index contributed by atoms with van der Waals surface area (Å²) in [5, 5.41) is 0. The standard InChI is InChI=1S/C14H14F3NO2S2/c1-10-3-8-13(21-10)22(19,20)18(2)9-11-4-6-12(7-5-11)14(15,16)17/h3-8H,9H2,1-2H3. The summed E-state index contributed by atoms with van der Waals surface area (Å²) >= 11 is 1.16. The molecule has 0 unspecified atom stereocenters. The first-order chi connectivity index (χ1) is 10.1. The Morgan fingerprint density at radius 2 is 1.68 bits per heavy atom. The maximum absolute atomic E-state index is 12.5. The van der Waals surface area contributed by atoms with Gasteiger partial charge < -0.3 is 0 Å². The second kappa shape index (κ2) is 6.02. The van der Waals surface area contributed by atoms with E-state index < -0.39 is 21.8 Å². The summed E-state index contributed by atoms with van der Waals surface area (Å²) < 4.78 is 63.5.